The largest absolute Gasteiger partial charge is 0.238 e. The number of halogens is 1. The van der Waals surface area contributed by atoms with Crippen LogP contribution in [0.15, 0.2) is 30.5 Å². The van der Waals surface area contributed by atoms with Crippen molar-refractivity contribution >= 4 is 0 Å². The van der Waals surface area contributed by atoms with Crippen LogP contribution in [0.3, 0.4) is 0 Å². The number of aromatic nitrogens is 3. The van der Waals surface area contributed by atoms with Crippen molar-refractivity contribution in [1.29, 1.82) is 5.26 Å². The molecule has 0 bridgehead atoms. The molecule has 0 aliphatic heterocycles. The maximum absolute atomic E-state index is 13.3. The normalized spacial score (nSPS) is 9.87. The van der Waals surface area contributed by atoms with Crippen LogP contribution >= 0.6 is 0 Å². The van der Waals surface area contributed by atoms with Crippen molar-refractivity contribution in [2.24, 2.45) is 0 Å². The highest BCUT2D eigenvalue weighted by Crippen LogP contribution is 2.19. The SMILES string of the molecule is N#CCn1cc(-c2ccccc2F)nn1. The Kier molecular flexibility index (Phi) is 2.42. The van der Waals surface area contributed by atoms with E-state index in [4.69, 9.17) is 5.26 Å². The Balaban J connectivity index is 2.38. The third kappa shape index (κ3) is 1.83. The van der Waals surface area contributed by atoms with Gasteiger partial charge in [0.2, 0.25) is 0 Å². The molecule has 0 aliphatic rings. The number of nitrogens with zero attached hydrogens (tertiary/aromatic N) is 4. The van der Waals surface area contributed by atoms with E-state index >= 15 is 0 Å². The van der Waals surface area contributed by atoms with Crippen LogP contribution in [0, 0.1) is 17.1 Å². The number of rotatable bonds is 2. The Hall–Kier alpha value is -2.22. The van der Waals surface area contributed by atoms with Crippen LogP contribution in [0.1, 0.15) is 0 Å². The van der Waals surface area contributed by atoms with Gasteiger partial charge in [-0.2, -0.15) is 5.26 Å². The summed E-state index contributed by atoms with van der Waals surface area (Å²) in [5, 5.41) is 15.9. The predicted octanol–water partition coefficient (Wildman–Crippen LogP) is 1.61. The second kappa shape index (κ2) is 3.88. The Labute approximate surface area is 85.6 Å². The van der Waals surface area contributed by atoms with Gasteiger partial charge in [-0.25, -0.2) is 9.07 Å². The van der Waals surface area contributed by atoms with Gasteiger partial charge in [0.15, 0.2) is 0 Å². The van der Waals surface area contributed by atoms with Gasteiger partial charge in [0.05, 0.1) is 12.3 Å². The summed E-state index contributed by atoms with van der Waals surface area (Å²) in [6.45, 7) is 0.113. The van der Waals surface area contributed by atoms with Crippen molar-refractivity contribution in [2.45, 2.75) is 6.54 Å². The standard InChI is InChI=1S/C10H7FN4/c11-9-4-2-1-3-8(9)10-7-15(6-5-12)14-13-10/h1-4,7H,6H2. The quantitative estimate of drug-likeness (QED) is 0.743. The molecule has 4 nitrogen and oxygen atoms in total. The van der Waals surface area contributed by atoms with Gasteiger partial charge in [0.1, 0.15) is 18.1 Å². The summed E-state index contributed by atoms with van der Waals surface area (Å²) >= 11 is 0. The van der Waals surface area contributed by atoms with Gasteiger partial charge in [-0.05, 0) is 12.1 Å². The van der Waals surface area contributed by atoms with E-state index in [-0.39, 0.29) is 12.4 Å². The predicted molar refractivity (Wildman–Crippen MR) is 51.0 cm³/mol. The highest BCUT2D eigenvalue weighted by molar-refractivity contribution is 5.58. The summed E-state index contributed by atoms with van der Waals surface area (Å²) in [5.41, 5.74) is 0.824. The van der Waals surface area contributed by atoms with Crippen LogP contribution in [-0.4, -0.2) is 15.0 Å². The van der Waals surface area contributed by atoms with Crippen LogP contribution in [0.25, 0.3) is 11.3 Å². The fourth-order valence-electron chi connectivity index (χ4n) is 1.24. The molecule has 0 fully saturated rings. The number of benzene rings is 1. The lowest BCUT2D eigenvalue weighted by molar-refractivity contribution is 0.630. The van der Waals surface area contributed by atoms with E-state index in [1.165, 1.54) is 10.7 Å². The van der Waals surface area contributed by atoms with Crippen molar-refractivity contribution in [3.05, 3.63) is 36.3 Å². The van der Waals surface area contributed by atoms with Gasteiger partial charge >= 0.3 is 0 Å². The van der Waals surface area contributed by atoms with Crippen LogP contribution in [0.2, 0.25) is 0 Å². The maximum atomic E-state index is 13.3. The van der Waals surface area contributed by atoms with E-state index < -0.39 is 0 Å². The lowest BCUT2D eigenvalue weighted by atomic mass is 10.1. The fraction of sp³-hybridized carbons (Fsp3) is 0.100. The average Bonchev–Trinajstić information content (AvgIpc) is 2.68. The number of hydrogen-bond acceptors (Lipinski definition) is 3. The molecular weight excluding hydrogens is 195 g/mol. The van der Waals surface area contributed by atoms with Crippen LogP contribution in [0.4, 0.5) is 4.39 Å². The van der Waals surface area contributed by atoms with Gasteiger partial charge in [-0.15, -0.1) is 5.10 Å². The summed E-state index contributed by atoms with van der Waals surface area (Å²) in [6.07, 6.45) is 1.54. The molecule has 2 aromatic rings. The first-order valence-electron chi connectivity index (χ1n) is 4.33. The number of hydrogen-bond donors (Lipinski definition) is 0. The summed E-state index contributed by atoms with van der Waals surface area (Å²) in [6, 6.07) is 8.24. The van der Waals surface area contributed by atoms with E-state index in [0.29, 0.717) is 11.3 Å². The van der Waals surface area contributed by atoms with Crippen molar-refractivity contribution in [3.8, 4) is 17.3 Å². The van der Waals surface area contributed by atoms with Crippen LogP contribution < -0.4 is 0 Å². The minimum atomic E-state index is -0.346. The minimum Gasteiger partial charge on any atom is -0.238 e. The molecule has 0 N–H and O–H groups in total. The number of nitriles is 1. The van der Waals surface area contributed by atoms with Crippen LogP contribution in [-0.2, 0) is 6.54 Å². The molecule has 0 unspecified atom stereocenters. The van der Waals surface area contributed by atoms with E-state index in [0.717, 1.165) is 0 Å². The molecule has 1 aromatic carbocycles. The summed E-state index contributed by atoms with van der Waals surface area (Å²) in [4.78, 5) is 0. The third-order valence-corrected chi connectivity index (χ3v) is 1.92. The van der Waals surface area contributed by atoms with Crippen molar-refractivity contribution in [2.75, 3.05) is 0 Å². The Morgan fingerprint density at radius 2 is 2.20 bits per heavy atom. The molecule has 15 heavy (non-hydrogen) atoms. The van der Waals surface area contributed by atoms with Crippen molar-refractivity contribution in [3.63, 3.8) is 0 Å². The van der Waals surface area contributed by atoms with E-state index in [1.807, 2.05) is 6.07 Å². The zero-order valence-electron chi connectivity index (χ0n) is 7.76. The molecule has 1 heterocycles. The van der Waals surface area contributed by atoms with Crippen LogP contribution in [0.5, 0.6) is 0 Å². The second-order valence-electron chi connectivity index (χ2n) is 2.94. The molecule has 2 rings (SSSR count). The Morgan fingerprint density at radius 3 is 2.93 bits per heavy atom. The van der Waals surface area contributed by atoms with Gasteiger partial charge in [0.25, 0.3) is 0 Å². The first-order valence-corrected chi connectivity index (χ1v) is 4.33. The van der Waals surface area contributed by atoms with Crippen molar-refractivity contribution < 1.29 is 4.39 Å². The zero-order chi connectivity index (χ0) is 10.7. The molecule has 0 spiro atoms. The zero-order valence-corrected chi connectivity index (χ0v) is 7.76. The fourth-order valence-corrected chi connectivity index (χ4v) is 1.24. The molecule has 0 saturated carbocycles. The Bertz CT molecular complexity index is 512. The Morgan fingerprint density at radius 1 is 1.40 bits per heavy atom. The molecule has 0 atom stereocenters. The van der Waals surface area contributed by atoms with Crippen molar-refractivity contribution in [1.82, 2.24) is 15.0 Å². The highest BCUT2D eigenvalue weighted by atomic mass is 19.1. The molecule has 5 heteroatoms. The summed E-state index contributed by atoms with van der Waals surface area (Å²) < 4.78 is 14.7. The summed E-state index contributed by atoms with van der Waals surface area (Å²) in [5.74, 6) is -0.346. The van der Waals surface area contributed by atoms with E-state index in [2.05, 4.69) is 10.3 Å². The third-order valence-electron chi connectivity index (χ3n) is 1.92. The molecule has 0 aliphatic carbocycles. The van der Waals surface area contributed by atoms with Gasteiger partial charge in [0, 0.05) is 5.56 Å². The summed E-state index contributed by atoms with van der Waals surface area (Å²) in [7, 11) is 0. The highest BCUT2D eigenvalue weighted by Gasteiger charge is 2.07. The molecule has 0 radical (unpaired) electrons. The average molecular weight is 202 g/mol. The smallest absolute Gasteiger partial charge is 0.132 e. The first-order chi connectivity index (χ1) is 7.31. The first kappa shape index (κ1) is 9.34. The topological polar surface area (TPSA) is 54.5 Å². The molecule has 1 aromatic heterocycles. The molecule has 0 saturated heterocycles. The molecular formula is C10H7FN4. The minimum absolute atomic E-state index is 0.113. The van der Waals surface area contributed by atoms with Gasteiger partial charge in [-0.3, -0.25) is 0 Å². The lowest BCUT2D eigenvalue weighted by Gasteiger charge is -1.95. The maximum Gasteiger partial charge on any atom is 0.132 e. The lowest BCUT2D eigenvalue weighted by Crippen LogP contribution is -1.94. The molecule has 0 amide bonds. The second-order valence-corrected chi connectivity index (χ2v) is 2.94. The van der Waals surface area contributed by atoms with E-state index in [1.54, 1.807) is 24.4 Å². The van der Waals surface area contributed by atoms with Gasteiger partial charge in [-0.1, -0.05) is 17.3 Å². The molecule has 74 valence electrons. The van der Waals surface area contributed by atoms with Gasteiger partial charge < -0.3 is 0 Å². The van der Waals surface area contributed by atoms with E-state index in [9.17, 15) is 4.39 Å². The monoisotopic (exact) mass is 202 g/mol.